The van der Waals surface area contributed by atoms with Crippen LogP contribution in [-0.4, -0.2) is 10.9 Å². The second-order valence-corrected chi connectivity index (χ2v) is 2.38. The molecule has 0 aliphatic heterocycles. The lowest BCUT2D eigenvalue weighted by atomic mass is 10.3. The molecule has 2 N–H and O–H groups in total. The number of hydrogen-bond donors (Lipinski definition) is 1. The summed E-state index contributed by atoms with van der Waals surface area (Å²) in [5, 5.41) is 0.409. The summed E-state index contributed by atoms with van der Waals surface area (Å²) in [5.41, 5.74) is 5.37. The predicted molar refractivity (Wildman–Crippen MR) is 45.3 cm³/mol. The molecule has 0 aliphatic carbocycles. The Bertz CT molecular complexity index is 365. The van der Waals surface area contributed by atoms with Gasteiger partial charge in [-0.05, 0) is 6.07 Å². The van der Waals surface area contributed by atoms with Gasteiger partial charge in [-0.3, -0.25) is 9.78 Å². The van der Waals surface area contributed by atoms with Gasteiger partial charge in [-0.25, -0.2) is 0 Å². The van der Waals surface area contributed by atoms with Crippen molar-refractivity contribution in [2.24, 2.45) is 5.73 Å². The zero-order valence-electron chi connectivity index (χ0n) is 6.04. The summed E-state index contributed by atoms with van der Waals surface area (Å²) in [6.07, 6.45) is 2.99. The Morgan fingerprint density at radius 2 is 2.42 bits per heavy atom. The lowest BCUT2D eigenvalue weighted by Crippen LogP contribution is -2.06. The molecule has 1 rings (SSSR count). The van der Waals surface area contributed by atoms with Crippen molar-refractivity contribution < 1.29 is 4.79 Å². The third-order valence-corrected chi connectivity index (χ3v) is 1.39. The van der Waals surface area contributed by atoms with Crippen LogP contribution in [0.3, 0.4) is 0 Å². The van der Waals surface area contributed by atoms with Crippen molar-refractivity contribution in [1.82, 2.24) is 4.98 Å². The molecule has 0 aromatic carbocycles. The highest BCUT2D eigenvalue weighted by Crippen LogP contribution is 2.10. The predicted octanol–water partition coefficient (Wildman–Crippen LogP) is 0.572. The normalized spacial score (nSPS) is 8.42. The third kappa shape index (κ3) is 2.26. The maximum absolute atomic E-state index is 10.3. The van der Waals surface area contributed by atoms with Crippen LogP contribution in [0.15, 0.2) is 18.5 Å². The molecule has 3 nitrogen and oxygen atoms in total. The number of halogens is 1. The molecule has 1 aromatic heterocycles. The average molecular weight is 181 g/mol. The van der Waals surface area contributed by atoms with Gasteiger partial charge < -0.3 is 5.73 Å². The Kier molecular flexibility index (Phi) is 2.67. The minimum atomic E-state index is -0.678. The van der Waals surface area contributed by atoms with Gasteiger partial charge in [0.05, 0.1) is 5.02 Å². The van der Waals surface area contributed by atoms with E-state index in [0.29, 0.717) is 10.6 Å². The lowest BCUT2D eigenvalue weighted by molar-refractivity contribution is -0.112. The lowest BCUT2D eigenvalue weighted by Gasteiger charge is -1.90. The quantitative estimate of drug-likeness (QED) is 0.594. The summed E-state index contributed by atoms with van der Waals surface area (Å²) >= 11 is 5.69. The molecule has 1 amide bonds. The van der Waals surface area contributed by atoms with Crippen molar-refractivity contribution in [2.75, 3.05) is 0 Å². The van der Waals surface area contributed by atoms with E-state index in [4.69, 9.17) is 17.3 Å². The SMILES string of the molecule is NC(=O)C#Cc1ccncc1Cl. The van der Waals surface area contributed by atoms with Crippen molar-refractivity contribution in [2.45, 2.75) is 0 Å². The zero-order valence-corrected chi connectivity index (χ0v) is 6.80. The molecular formula is C8H5ClN2O. The number of nitrogens with two attached hydrogens (primary N) is 1. The van der Waals surface area contributed by atoms with E-state index < -0.39 is 5.91 Å². The fraction of sp³-hybridized carbons (Fsp3) is 0. The Labute approximate surface area is 74.5 Å². The molecular weight excluding hydrogens is 176 g/mol. The summed E-state index contributed by atoms with van der Waals surface area (Å²) in [6, 6.07) is 1.61. The van der Waals surface area contributed by atoms with Crippen molar-refractivity contribution in [3.63, 3.8) is 0 Å². The molecule has 0 fully saturated rings. The average Bonchev–Trinajstić information content (AvgIpc) is 2.03. The van der Waals surface area contributed by atoms with E-state index in [9.17, 15) is 4.79 Å². The van der Waals surface area contributed by atoms with Crippen LogP contribution in [0.5, 0.6) is 0 Å². The summed E-state index contributed by atoms with van der Waals surface area (Å²) < 4.78 is 0. The number of hydrogen-bond acceptors (Lipinski definition) is 2. The zero-order chi connectivity index (χ0) is 8.97. The molecule has 4 heteroatoms. The van der Waals surface area contributed by atoms with E-state index in [-0.39, 0.29) is 0 Å². The van der Waals surface area contributed by atoms with Crippen LogP contribution in [0.4, 0.5) is 0 Å². The standard InChI is InChI=1S/C8H5ClN2O/c9-7-5-11-4-3-6(7)1-2-8(10)12/h3-5H,(H2,10,12). The van der Waals surface area contributed by atoms with Crippen LogP contribution >= 0.6 is 11.6 Å². The first-order valence-corrected chi connectivity index (χ1v) is 3.49. The van der Waals surface area contributed by atoms with Gasteiger partial charge in [-0.2, -0.15) is 0 Å². The molecule has 0 spiro atoms. The second-order valence-electron chi connectivity index (χ2n) is 1.97. The van der Waals surface area contributed by atoms with Crippen molar-refractivity contribution in [3.8, 4) is 11.8 Å². The van der Waals surface area contributed by atoms with Crippen molar-refractivity contribution >= 4 is 17.5 Å². The van der Waals surface area contributed by atoms with E-state index in [1.54, 1.807) is 6.07 Å². The number of nitrogens with zero attached hydrogens (tertiary/aromatic N) is 1. The Morgan fingerprint density at radius 3 is 3.00 bits per heavy atom. The van der Waals surface area contributed by atoms with Gasteiger partial charge in [-0.15, -0.1) is 0 Å². The summed E-state index contributed by atoms with van der Waals surface area (Å²) in [5.74, 6) is 4.02. The number of aromatic nitrogens is 1. The van der Waals surface area contributed by atoms with Crippen LogP contribution in [-0.2, 0) is 4.79 Å². The minimum Gasteiger partial charge on any atom is -0.359 e. The van der Waals surface area contributed by atoms with Crippen LogP contribution in [0, 0.1) is 11.8 Å². The maximum Gasteiger partial charge on any atom is 0.293 e. The van der Waals surface area contributed by atoms with Crippen LogP contribution in [0.2, 0.25) is 5.02 Å². The minimum absolute atomic E-state index is 0.409. The fourth-order valence-corrected chi connectivity index (χ4v) is 0.772. The largest absolute Gasteiger partial charge is 0.359 e. The van der Waals surface area contributed by atoms with Crippen molar-refractivity contribution in [3.05, 3.63) is 29.0 Å². The molecule has 0 saturated heterocycles. The molecule has 0 saturated carbocycles. The van der Waals surface area contributed by atoms with Gasteiger partial charge in [0, 0.05) is 23.9 Å². The fourth-order valence-electron chi connectivity index (χ4n) is 0.606. The summed E-state index contributed by atoms with van der Waals surface area (Å²) in [7, 11) is 0. The summed E-state index contributed by atoms with van der Waals surface area (Å²) in [6.45, 7) is 0. The monoisotopic (exact) mass is 180 g/mol. The molecule has 0 radical (unpaired) electrons. The number of amides is 1. The van der Waals surface area contributed by atoms with Crippen LogP contribution in [0.25, 0.3) is 0 Å². The van der Waals surface area contributed by atoms with E-state index in [2.05, 4.69) is 16.8 Å². The molecule has 1 aromatic rings. The molecule has 12 heavy (non-hydrogen) atoms. The first-order valence-electron chi connectivity index (χ1n) is 3.11. The van der Waals surface area contributed by atoms with E-state index in [1.165, 1.54) is 12.4 Å². The van der Waals surface area contributed by atoms with E-state index >= 15 is 0 Å². The molecule has 1 heterocycles. The number of carbonyl (C=O) groups is 1. The highest BCUT2D eigenvalue weighted by molar-refractivity contribution is 6.31. The number of pyridine rings is 1. The van der Waals surface area contributed by atoms with Crippen LogP contribution < -0.4 is 5.73 Å². The molecule has 60 valence electrons. The maximum atomic E-state index is 10.3. The topological polar surface area (TPSA) is 56.0 Å². The first-order chi connectivity index (χ1) is 5.70. The van der Waals surface area contributed by atoms with Gasteiger partial charge in [0.25, 0.3) is 5.91 Å². The molecule has 0 unspecified atom stereocenters. The van der Waals surface area contributed by atoms with Crippen molar-refractivity contribution in [1.29, 1.82) is 0 Å². The Hall–Kier alpha value is -1.53. The van der Waals surface area contributed by atoms with Gasteiger partial charge in [0.1, 0.15) is 0 Å². The van der Waals surface area contributed by atoms with E-state index in [0.717, 1.165) is 0 Å². The van der Waals surface area contributed by atoms with Gasteiger partial charge in [0.15, 0.2) is 0 Å². The highest BCUT2D eigenvalue weighted by Gasteiger charge is 1.93. The smallest absolute Gasteiger partial charge is 0.293 e. The number of rotatable bonds is 0. The highest BCUT2D eigenvalue weighted by atomic mass is 35.5. The van der Waals surface area contributed by atoms with Gasteiger partial charge >= 0.3 is 0 Å². The molecule has 0 bridgehead atoms. The first kappa shape index (κ1) is 8.57. The Morgan fingerprint density at radius 1 is 1.67 bits per heavy atom. The Balaban J connectivity index is 2.99. The van der Waals surface area contributed by atoms with Gasteiger partial charge in [-0.1, -0.05) is 17.5 Å². The third-order valence-electron chi connectivity index (χ3n) is 1.09. The summed E-state index contributed by atoms with van der Waals surface area (Å²) in [4.78, 5) is 14.0. The van der Waals surface area contributed by atoms with Crippen LogP contribution in [0.1, 0.15) is 5.56 Å². The van der Waals surface area contributed by atoms with Gasteiger partial charge in [0.2, 0.25) is 0 Å². The second kappa shape index (κ2) is 3.74. The van der Waals surface area contributed by atoms with E-state index in [1.807, 2.05) is 0 Å². The number of carbonyl (C=O) groups excluding carboxylic acids is 1. The molecule has 0 aliphatic rings. The number of primary amides is 1. The molecule has 0 atom stereocenters.